The predicted molar refractivity (Wildman–Crippen MR) is 81.0 cm³/mol. The molecule has 1 aromatic carbocycles. The molecule has 20 heavy (non-hydrogen) atoms. The molecule has 1 atom stereocenters. The van der Waals surface area contributed by atoms with E-state index in [2.05, 4.69) is 10.6 Å². The van der Waals surface area contributed by atoms with Gasteiger partial charge in [0.25, 0.3) is 0 Å². The third-order valence-corrected chi connectivity index (χ3v) is 3.38. The molecule has 0 spiro atoms. The maximum absolute atomic E-state index is 11.9. The van der Waals surface area contributed by atoms with E-state index in [1.54, 1.807) is 12.1 Å². The van der Waals surface area contributed by atoms with Crippen LogP contribution >= 0.6 is 11.6 Å². The molecule has 2 amide bonds. The van der Waals surface area contributed by atoms with E-state index in [1.807, 2.05) is 20.8 Å². The van der Waals surface area contributed by atoms with Crippen LogP contribution in [0.25, 0.3) is 0 Å². The summed E-state index contributed by atoms with van der Waals surface area (Å²) in [5.41, 5.74) is 0.492. The number of ether oxygens (including phenoxy) is 2. The highest BCUT2D eigenvalue weighted by Crippen LogP contribution is 2.35. The van der Waals surface area contributed by atoms with Crippen molar-refractivity contribution >= 4 is 23.3 Å². The van der Waals surface area contributed by atoms with Crippen molar-refractivity contribution in [3.8, 4) is 11.5 Å². The van der Waals surface area contributed by atoms with E-state index >= 15 is 0 Å². The summed E-state index contributed by atoms with van der Waals surface area (Å²) >= 11 is 6.05. The van der Waals surface area contributed by atoms with Crippen molar-refractivity contribution in [1.82, 2.24) is 5.32 Å². The van der Waals surface area contributed by atoms with Crippen LogP contribution in [0.3, 0.4) is 0 Å². The minimum Gasteiger partial charge on any atom is -0.495 e. The van der Waals surface area contributed by atoms with Crippen molar-refractivity contribution in [2.45, 2.75) is 26.8 Å². The van der Waals surface area contributed by atoms with Crippen molar-refractivity contribution in [2.75, 3.05) is 19.5 Å². The SMILES string of the molecule is COc1cc(OC)c(NC(=O)NC(C)C(C)C)cc1Cl. The molecule has 2 N–H and O–H groups in total. The van der Waals surface area contributed by atoms with Crippen molar-refractivity contribution in [3.63, 3.8) is 0 Å². The molecule has 0 saturated carbocycles. The van der Waals surface area contributed by atoms with Crippen molar-refractivity contribution in [2.24, 2.45) is 5.92 Å². The smallest absolute Gasteiger partial charge is 0.319 e. The number of carbonyl (C=O) groups excluding carboxylic acids is 1. The van der Waals surface area contributed by atoms with Gasteiger partial charge in [-0.25, -0.2) is 4.79 Å². The lowest BCUT2D eigenvalue weighted by molar-refractivity contribution is 0.246. The summed E-state index contributed by atoms with van der Waals surface area (Å²) in [4.78, 5) is 11.9. The Labute approximate surface area is 124 Å². The number of halogens is 1. The first kappa shape index (κ1) is 16.4. The number of benzene rings is 1. The Kier molecular flexibility index (Phi) is 5.95. The molecule has 1 aromatic rings. The monoisotopic (exact) mass is 300 g/mol. The summed E-state index contributed by atoms with van der Waals surface area (Å²) in [6, 6.07) is 2.99. The van der Waals surface area contributed by atoms with E-state index in [9.17, 15) is 4.79 Å². The molecule has 0 aliphatic rings. The fourth-order valence-electron chi connectivity index (χ4n) is 1.49. The average molecular weight is 301 g/mol. The Balaban J connectivity index is 2.86. The maximum Gasteiger partial charge on any atom is 0.319 e. The van der Waals surface area contributed by atoms with E-state index in [4.69, 9.17) is 21.1 Å². The fourth-order valence-corrected chi connectivity index (χ4v) is 1.73. The quantitative estimate of drug-likeness (QED) is 0.874. The third-order valence-electron chi connectivity index (χ3n) is 3.08. The molecule has 5 nitrogen and oxygen atoms in total. The highest BCUT2D eigenvalue weighted by Gasteiger charge is 2.15. The van der Waals surface area contributed by atoms with Gasteiger partial charge in [-0.2, -0.15) is 0 Å². The number of hydrogen-bond donors (Lipinski definition) is 2. The lowest BCUT2D eigenvalue weighted by atomic mass is 10.1. The molecule has 0 saturated heterocycles. The van der Waals surface area contributed by atoms with Gasteiger partial charge in [0.15, 0.2) is 0 Å². The maximum atomic E-state index is 11.9. The summed E-state index contributed by atoms with van der Waals surface area (Å²) in [6.07, 6.45) is 0. The third kappa shape index (κ3) is 4.20. The van der Waals surface area contributed by atoms with Crippen LogP contribution < -0.4 is 20.1 Å². The van der Waals surface area contributed by atoms with Gasteiger partial charge >= 0.3 is 6.03 Å². The number of amides is 2. The van der Waals surface area contributed by atoms with Crippen LogP contribution in [0.15, 0.2) is 12.1 Å². The highest BCUT2D eigenvalue weighted by atomic mass is 35.5. The van der Waals surface area contributed by atoms with Gasteiger partial charge in [0, 0.05) is 12.1 Å². The van der Waals surface area contributed by atoms with Gasteiger partial charge in [-0.15, -0.1) is 0 Å². The van der Waals surface area contributed by atoms with E-state index < -0.39 is 0 Å². The van der Waals surface area contributed by atoms with Crippen LogP contribution in [-0.4, -0.2) is 26.3 Å². The first-order valence-electron chi connectivity index (χ1n) is 6.38. The van der Waals surface area contributed by atoms with Crippen LogP contribution in [-0.2, 0) is 0 Å². The number of methoxy groups -OCH3 is 2. The molecule has 1 unspecified atom stereocenters. The summed E-state index contributed by atoms with van der Waals surface area (Å²) in [6.45, 7) is 6.02. The van der Waals surface area contributed by atoms with E-state index in [0.29, 0.717) is 28.1 Å². The normalized spacial score (nSPS) is 11.9. The molecule has 1 rings (SSSR count). The second-order valence-corrected chi connectivity index (χ2v) is 5.23. The Morgan fingerprint density at radius 3 is 2.25 bits per heavy atom. The fraction of sp³-hybridized carbons (Fsp3) is 0.500. The van der Waals surface area contributed by atoms with Gasteiger partial charge in [0.2, 0.25) is 0 Å². The Hall–Kier alpha value is -1.62. The van der Waals surface area contributed by atoms with Gasteiger partial charge in [0.05, 0.1) is 24.9 Å². The molecule has 0 heterocycles. The Morgan fingerprint density at radius 1 is 1.15 bits per heavy atom. The average Bonchev–Trinajstić information content (AvgIpc) is 2.38. The Bertz CT molecular complexity index is 478. The molecule has 0 aliphatic carbocycles. The number of anilines is 1. The molecule has 0 fully saturated rings. The van der Waals surface area contributed by atoms with E-state index in [1.165, 1.54) is 14.2 Å². The number of nitrogens with one attached hydrogen (secondary N) is 2. The number of hydrogen-bond acceptors (Lipinski definition) is 3. The number of urea groups is 1. The topological polar surface area (TPSA) is 59.6 Å². The van der Waals surface area contributed by atoms with E-state index in [0.717, 1.165) is 0 Å². The summed E-state index contributed by atoms with van der Waals surface area (Å²) < 4.78 is 10.3. The minimum absolute atomic E-state index is 0.0646. The van der Waals surface area contributed by atoms with Crippen molar-refractivity contribution < 1.29 is 14.3 Å². The first-order chi connectivity index (χ1) is 9.38. The summed E-state index contributed by atoms with van der Waals surface area (Å²) in [7, 11) is 3.04. The van der Waals surface area contributed by atoms with Crippen molar-refractivity contribution in [1.29, 1.82) is 0 Å². The van der Waals surface area contributed by atoms with Crippen LogP contribution in [0, 0.1) is 5.92 Å². The molecule has 0 aromatic heterocycles. The molecule has 0 radical (unpaired) electrons. The minimum atomic E-state index is -0.300. The number of rotatable bonds is 5. The molecule has 0 aliphatic heterocycles. The van der Waals surface area contributed by atoms with Gasteiger partial charge < -0.3 is 20.1 Å². The van der Waals surface area contributed by atoms with Gasteiger partial charge in [-0.1, -0.05) is 25.4 Å². The van der Waals surface area contributed by atoms with Crippen LogP contribution in [0.2, 0.25) is 5.02 Å². The second-order valence-electron chi connectivity index (χ2n) is 4.82. The zero-order chi connectivity index (χ0) is 15.3. The largest absolute Gasteiger partial charge is 0.495 e. The van der Waals surface area contributed by atoms with Gasteiger partial charge in [-0.05, 0) is 18.9 Å². The van der Waals surface area contributed by atoms with Gasteiger partial charge in [-0.3, -0.25) is 0 Å². The van der Waals surface area contributed by atoms with Crippen LogP contribution in [0.5, 0.6) is 11.5 Å². The molecule has 112 valence electrons. The van der Waals surface area contributed by atoms with Crippen LogP contribution in [0.4, 0.5) is 10.5 Å². The zero-order valence-electron chi connectivity index (χ0n) is 12.4. The van der Waals surface area contributed by atoms with Crippen molar-refractivity contribution in [3.05, 3.63) is 17.2 Å². The summed E-state index contributed by atoms with van der Waals surface area (Å²) in [5.74, 6) is 1.32. The second kappa shape index (κ2) is 7.24. The van der Waals surface area contributed by atoms with Gasteiger partial charge in [0.1, 0.15) is 11.5 Å². The predicted octanol–water partition coefficient (Wildman–Crippen LogP) is 3.52. The molecule has 0 bridgehead atoms. The highest BCUT2D eigenvalue weighted by molar-refractivity contribution is 6.32. The molecule has 6 heteroatoms. The van der Waals surface area contributed by atoms with Crippen LogP contribution in [0.1, 0.15) is 20.8 Å². The lowest BCUT2D eigenvalue weighted by Crippen LogP contribution is -2.39. The summed E-state index contributed by atoms with van der Waals surface area (Å²) in [5, 5.41) is 5.97. The Morgan fingerprint density at radius 2 is 1.75 bits per heavy atom. The zero-order valence-corrected chi connectivity index (χ0v) is 13.2. The molecular formula is C14H21ClN2O3. The first-order valence-corrected chi connectivity index (χ1v) is 6.75. The number of carbonyl (C=O) groups is 1. The standard InChI is InChI=1S/C14H21ClN2O3/c1-8(2)9(3)16-14(18)17-11-6-10(15)12(19-4)7-13(11)20-5/h6-9H,1-5H3,(H2,16,17,18). The van der Waals surface area contributed by atoms with E-state index in [-0.39, 0.29) is 12.1 Å². The lowest BCUT2D eigenvalue weighted by Gasteiger charge is -2.19. The molecular weight excluding hydrogens is 280 g/mol.